The van der Waals surface area contributed by atoms with Crippen LogP contribution in [0.1, 0.15) is 30.9 Å². The summed E-state index contributed by atoms with van der Waals surface area (Å²) in [4.78, 5) is 4.15. The van der Waals surface area contributed by atoms with Crippen molar-refractivity contribution in [3.63, 3.8) is 0 Å². The fraction of sp³-hybridized carbons (Fsp3) is 0.300. The van der Waals surface area contributed by atoms with Gasteiger partial charge in [-0.1, -0.05) is 48.1 Å². The maximum Gasteiger partial charge on any atom is 0.121 e. The zero-order valence-corrected chi connectivity index (χ0v) is 14.2. The first kappa shape index (κ1) is 16.9. The molecule has 0 fully saturated rings. The molecular weight excluding hydrogens is 282 g/mol. The Morgan fingerprint density at radius 3 is 2.48 bits per heavy atom. The maximum absolute atomic E-state index is 8.50. The molecule has 2 rings (SSSR count). The number of benzene rings is 1. The highest BCUT2D eigenvalue weighted by atomic mass is 14.8. The molecule has 0 unspecified atom stereocenters. The molecule has 0 amide bonds. The van der Waals surface area contributed by atoms with Crippen molar-refractivity contribution in [2.24, 2.45) is 10.7 Å². The molecule has 23 heavy (non-hydrogen) atoms. The van der Waals surface area contributed by atoms with Crippen LogP contribution < -0.4 is 5.73 Å². The van der Waals surface area contributed by atoms with E-state index in [1.807, 2.05) is 13.0 Å². The average Bonchev–Trinajstić information content (AvgIpc) is 2.60. The highest BCUT2D eigenvalue weighted by molar-refractivity contribution is 6.16. The first-order chi connectivity index (χ1) is 11.0. The first-order valence-corrected chi connectivity index (χ1v) is 7.97. The largest absolute Gasteiger partial charge is 0.384 e. The van der Waals surface area contributed by atoms with Crippen molar-refractivity contribution in [1.82, 2.24) is 0 Å². The number of aryl methyl sites for hydroxylation is 1. The van der Waals surface area contributed by atoms with Gasteiger partial charge in [0.2, 0.25) is 0 Å². The van der Waals surface area contributed by atoms with Crippen LogP contribution >= 0.6 is 0 Å². The van der Waals surface area contributed by atoms with E-state index in [0.29, 0.717) is 18.0 Å². The van der Waals surface area contributed by atoms with E-state index in [0.717, 1.165) is 29.6 Å². The molecule has 0 atom stereocenters. The van der Waals surface area contributed by atoms with E-state index < -0.39 is 0 Å². The summed E-state index contributed by atoms with van der Waals surface area (Å²) in [6, 6.07) is 8.41. The van der Waals surface area contributed by atoms with Gasteiger partial charge in [0, 0.05) is 19.0 Å². The third-order valence-electron chi connectivity index (χ3n) is 4.16. The van der Waals surface area contributed by atoms with Gasteiger partial charge >= 0.3 is 0 Å². The molecule has 0 aromatic heterocycles. The minimum atomic E-state index is 0.508. The van der Waals surface area contributed by atoms with E-state index in [2.05, 4.69) is 48.3 Å². The number of nitrogens with two attached hydrogens (primary N) is 1. The highest BCUT2D eigenvalue weighted by Gasteiger charge is 2.14. The normalized spacial score (nSPS) is 16.0. The Balaban J connectivity index is 2.36. The van der Waals surface area contributed by atoms with Crippen molar-refractivity contribution < 1.29 is 0 Å². The standard InChI is InChI=1S/C20H25N3/c1-14-9-11-16(12-10-14)13-18(20(22)23-3)15(2)19(21)17-7-5-4-6-8-17/h5,7-12,21H,4,6,13H2,1-3H3,(H2,22,23)/b18-15-,21-19?. The lowest BCUT2D eigenvalue weighted by Gasteiger charge is -2.15. The number of hydrogen-bond donors (Lipinski definition) is 2. The molecule has 0 saturated heterocycles. The summed E-state index contributed by atoms with van der Waals surface area (Å²) < 4.78 is 0. The summed E-state index contributed by atoms with van der Waals surface area (Å²) in [5, 5.41) is 8.50. The van der Waals surface area contributed by atoms with Crippen molar-refractivity contribution >= 4 is 11.5 Å². The second kappa shape index (κ2) is 7.73. The van der Waals surface area contributed by atoms with Gasteiger partial charge in [0.25, 0.3) is 0 Å². The SMILES string of the molecule is CN=C(N)/C(Cc1ccc(C)cc1)=C(/C)C(=N)C1=CCCC=C1. The van der Waals surface area contributed by atoms with Crippen molar-refractivity contribution in [1.29, 1.82) is 5.41 Å². The Bertz CT molecular complexity index is 701. The minimum absolute atomic E-state index is 0.508. The second-order valence-electron chi connectivity index (χ2n) is 5.89. The molecule has 3 N–H and O–H groups in total. The Hall–Kier alpha value is -2.42. The average molecular weight is 307 g/mol. The van der Waals surface area contributed by atoms with Gasteiger partial charge in [0.1, 0.15) is 5.84 Å². The Morgan fingerprint density at radius 1 is 1.22 bits per heavy atom. The van der Waals surface area contributed by atoms with E-state index in [1.165, 1.54) is 11.1 Å². The number of aliphatic imine (C=N–C) groups is 1. The second-order valence-corrected chi connectivity index (χ2v) is 5.89. The molecule has 0 saturated carbocycles. The van der Waals surface area contributed by atoms with Gasteiger partial charge in [-0.3, -0.25) is 10.4 Å². The van der Waals surface area contributed by atoms with Crippen molar-refractivity contribution in [2.45, 2.75) is 33.1 Å². The van der Waals surface area contributed by atoms with Crippen LogP contribution in [0.25, 0.3) is 0 Å². The molecule has 0 bridgehead atoms. The van der Waals surface area contributed by atoms with E-state index in [4.69, 9.17) is 11.1 Å². The molecule has 1 aromatic carbocycles. The fourth-order valence-corrected chi connectivity index (χ4v) is 2.63. The molecule has 1 aliphatic carbocycles. The summed E-state index contributed by atoms with van der Waals surface area (Å²) in [6.07, 6.45) is 9.00. The molecule has 1 aliphatic rings. The van der Waals surface area contributed by atoms with Crippen LogP contribution in [0.15, 0.2) is 64.2 Å². The van der Waals surface area contributed by atoms with Gasteiger partial charge in [0.15, 0.2) is 0 Å². The highest BCUT2D eigenvalue weighted by Crippen LogP contribution is 2.20. The number of allylic oxidation sites excluding steroid dienone is 5. The van der Waals surface area contributed by atoms with Crippen LogP contribution in [-0.4, -0.2) is 18.6 Å². The molecule has 1 aromatic rings. The number of rotatable bonds is 5. The van der Waals surface area contributed by atoms with Gasteiger partial charge in [-0.15, -0.1) is 0 Å². The summed E-state index contributed by atoms with van der Waals surface area (Å²) >= 11 is 0. The van der Waals surface area contributed by atoms with E-state index in [9.17, 15) is 0 Å². The molecule has 3 nitrogen and oxygen atoms in total. The molecular formula is C20H25N3. The van der Waals surface area contributed by atoms with Crippen LogP contribution in [0.2, 0.25) is 0 Å². The van der Waals surface area contributed by atoms with Gasteiger partial charge in [-0.2, -0.15) is 0 Å². The number of nitrogens with zero attached hydrogens (tertiary/aromatic N) is 1. The summed E-state index contributed by atoms with van der Waals surface area (Å²) in [6.45, 7) is 4.04. The van der Waals surface area contributed by atoms with Crippen molar-refractivity contribution in [2.75, 3.05) is 7.05 Å². The van der Waals surface area contributed by atoms with Crippen molar-refractivity contribution in [3.8, 4) is 0 Å². The van der Waals surface area contributed by atoms with Gasteiger partial charge in [0.05, 0.1) is 5.71 Å². The molecule has 0 heterocycles. The topological polar surface area (TPSA) is 62.2 Å². The Kier molecular flexibility index (Phi) is 5.69. The van der Waals surface area contributed by atoms with Gasteiger partial charge < -0.3 is 5.73 Å². The molecule has 0 radical (unpaired) electrons. The lowest BCUT2D eigenvalue weighted by molar-refractivity contribution is 1.03. The number of nitrogens with one attached hydrogen (secondary N) is 1. The minimum Gasteiger partial charge on any atom is -0.384 e. The smallest absolute Gasteiger partial charge is 0.121 e. The Morgan fingerprint density at radius 2 is 1.91 bits per heavy atom. The molecule has 0 spiro atoms. The van der Waals surface area contributed by atoms with Gasteiger partial charge in [-0.25, -0.2) is 0 Å². The molecule has 3 heteroatoms. The summed E-state index contributed by atoms with van der Waals surface area (Å²) in [5.41, 5.74) is 11.9. The maximum atomic E-state index is 8.50. The monoisotopic (exact) mass is 307 g/mol. The van der Waals surface area contributed by atoms with Crippen molar-refractivity contribution in [3.05, 3.63) is 70.3 Å². The van der Waals surface area contributed by atoms with Crippen LogP contribution in [0.4, 0.5) is 0 Å². The summed E-state index contributed by atoms with van der Waals surface area (Å²) in [5.74, 6) is 0.508. The van der Waals surface area contributed by atoms with Crippen LogP contribution in [-0.2, 0) is 6.42 Å². The quantitative estimate of drug-likeness (QED) is 0.623. The predicted molar refractivity (Wildman–Crippen MR) is 99.3 cm³/mol. The zero-order chi connectivity index (χ0) is 16.8. The number of hydrogen-bond acceptors (Lipinski definition) is 2. The lowest BCUT2D eigenvalue weighted by atomic mass is 9.92. The fourth-order valence-electron chi connectivity index (χ4n) is 2.63. The molecule has 120 valence electrons. The zero-order valence-electron chi connectivity index (χ0n) is 14.2. The summed E-state index contributed by atoms with van der Waals surface area (Å²) in [7, 11) is 1.70. The predicted octanol–water partition coefficient (Wildman–Crippen LogP) is 4.14. The first-order valence-electron chi connectivity index (χ1n) is 7.97. The van der Waals surface area contributed by atoms with E-state index in [-0.39, 0.29) is 0 Å². The third-order valence-corrected chi connectivity index (χ3v) is 4.16. The molecule has 0 aliphatic heterocycles. The number of amidine groups is 1. The Labute approximate surface area is 138 Å². The van der Waals surface area contributed by atoms with E-state index >= 15 is 0 Å². The lowest BCUT2D eigenvalue weighted by Crippen LogP contribution is -2.20. The van der Waals surface area contributed by atoms with Gasteiger partial charge in [-0.05, 0) is 43.4 Å². The third kappa shape index (κ3) is 4.28. The van der Waals surface area contributed by atoms with E-state index in [1.54, 1.807) is 7.05 Å². The van der Waals surface area contributed by atoms with Crippen LogP contribution in [0.3, 0.4) is 0 Å². The van der Waals surface area contributed by atoms with Crippen LogP contribution in [0, 0.1) is 12.3 Å². The van der Waals surface area contributed by atoms with Crippen LogP contribution in [0.5, 0.6) is 0 Å².